The first-order valence-corrected chi connectivity index (χ1v) is 3.33. The van der Waals surface area contributed by atoms with Crippen LogP contribution < -0.4 is 0 Å². The second kappa shape index (κ2) is 2.39. The SMILES string of the molecule is Clc1nccc2nncnc12. The Balaban J connectivity index is 2.91. The fraction of sp³-hybridized carbons (Fsp3) is 0. The van der Waals surface area contributed by atoms with Crippen molar-refractivity contribution in [2.45, 2.75) is 0 Å². The van der Waals surface area contributed by atoms with E-state index < -0.39 is 0 Å². The van der Waals surface area contributed by atoms with Crippen LogP contribution in [0.5, 0.6) is 0 Å². The number of aromatic nitrogens is 4. The molecule has 0 N–H and O–H groups in total. The van der Waals surface area contributed by atoms with Gasteiger partial charge in [-0.05, 0) is 6.07 Å². The van der Waals surface area contributed by atoms with Gasteiger partial charge in [-0.1, -0.05) is 11.6 Å². The average molecular weight is 167 g/mol. The van der Waals surface area contributed by atoms with E-state index in [0.29, 0.717) is 16.2 Å². The highest BCUT2D eigenvalue weighted by Gasteiger charge is 1.99. The lowest BCUT2D eigenvalue weighted by Crippen LogP contribution is -1.88. The largest absolute Gasteiger partial charge is 0.242 e. The van der Waals surface area contributed by atoms with Crippen molar-refractivity contribution in [3.63, 3.8) is 0 Å². The predicted octanol–water partition coefficient (Wildman–Crippen LogP) is 1.07. The van der Waals surface area contributed by atoms with Gasteiger partial charge in [0.05, 0.1) is 0 Å². The number of rotatable bonds is 0. The van der Waals surface area contributed by atoms with Crippen molar-refractivity contribution < 1.29 is 0 Å². The van der Waals surface area contributed by atoms with Crippen molar-refractivity contribution in [1.82, 2.24) is 20.2 Å². The Hall–Kier alpha value is -1.29. The normalized spacial score (nSPS) is 10.3. The van der Waals surface area contributed by atoms with Crippen LogP contribution in [-0.4, -0.2) is 20.2 Å². The molecule has 11 heavy (non-hydrogen) atoms. The Morgan fingerprint density at radius 1 is 1.27 bits per heavy atom. The number of pyridine rings is 1. The van der Waals surface area contributed by atoms with Gasteiger partial charge in [-0.2, -0.15) is 0 Å². The summed E-state index contributed by atoms with van der Waals surface area (Å²) in [6.45, 7) is 0. The zero-order valence-electron chi connectivity index (χ0n) is 5.40. The zero-order chi connectivity index (χ0) is 7.68. The lowest BCUT2D eigenvalue weighted by molar-refractivity contribution is 1.02. The van der Waals surface area contributed by atoms with E-state index in [1.165, 1.54) is 6.33 Å². The van der Waals surface area contributed by atoms with Crippen molar-refractivity contribution in [3.05, 3.63) is 23.7 Å². The van der Waals surface area contributed by atoms with Crippen LogP contribution in [0.3, 0.4) is 0 Å². The van der Waals surface area contributed by atoms with Gasteiger partial charge < -0.3 is 0 Å². The summed E-state index contributed by atoms with van der Waals surface area (Å²) >= 11 is 5.72. The number of nitrogens with zero attached hydrogens (tertiary/aromatic N) is 4. The van der Waals surface area contributed by atoms with Gasteiger partial charge in [0, 0.05) is 6.20 Å². The molecule has 4 nitrogen and oxygen atoms in total. The Morgan fingerprint density at radius 3 is 3.00 bits per heavy atom. The molecule has 0 aliphatic rings. The highest BCUT2D eigenvalue weighted by Crippen LogP contribution is 2.14. The Bertz CT molecular complexity index is 384. The molecule has 0 unspecified atom stereocenters. The van der Waals surface area contributed by atoms with Crippen molar-refractivity contribution in [1.29, 1.82) is 0 Å². The molecule has 0 saturated heterocycles. The highest BCUT2D eigenvalue weighted by atomic mass is 35.5. The van der Waals surface area contributed by atoms with Gasteiger partial charge >= 0.3 is 0 Å². The van der Waals surface area contributed by atoms with Crippen LogP contribution >= 0.6 is 11.6 Å². The van der Waals surface area contributed by atoms with E-state index in [0.717, 1.165) is 0 Å². The third kappa shape index (κ3) is 1.01. The van der Waals surface area contributed by atoms with E-state index in [1.807, 2.05) is 0 Å². The second-order valence-corrected chi connectivity index (χ2v) is 2.29. The maximum atomic E-state index is 5.72. The lowest BCUT2D eigenvalue weighted by Gasteiger charge is -1.93. The first-order valence-electron chi connectivity index (χ1n) is 2.96. The van der Waals surface area contributed by atoms with Gasteiger partial charge in [0.2, 0.25) is 0 Å². The molecule has 2 aromatic heterocycles. The van der Waals surface area contributed by atoms with Gasteiger partial charge in [-0.15, -0.1) is 10.2 Å². The van der Waals surface area contributed by atoms with Crippen LogP contribution in [0.25, 0.3) is 11.0 Å². The fourth-order valence-corrected chi connectivity index (χ4v) is 0.993. The maximum absolute atomic E-state index is 5.72. The number of hydrogen-bond acceptors (Lipinski definition) is 4. The standard InChI is InChI=1S/C6H3ClN4/c7-6-5-4(1-2-8-6)11-10-3-9-5/h1-3H. The quantitative estimate of drug-likeness (QED) is 0.550. The molecule has 5 heteroatoms. The summed E-state index contributed by atoms with van der Waals surface area (Å²) in [4.78, 5) is 7.76. The third-order valence-electron chi connectivity index (χ3n) is 1.26. The minimum absolute atomic E-state index is 0.359. The molecule has 0 radical (unpaired) electrons. The van der Waals surface area contributed by atoms with Crippen LogP contribution in [0, 0.1) is 0 Å². The summed E-state index contributed by atoms with van der Waals surface area (Å²) in [5.41, 5.74) is 1.25. The summed E-state index contributed by atoms with van der Waals surface area (Å²) in [5, 5.41) is 7.77. The second-order valence-electron chi connectivity index (χ2n) is 1.93. The minimum atomic E-state index is 0.359. The summed E-state index contributed by atoms with van der Waals surface area (Å²) in [6, 6.07) is 1.71. The van der Waals surface area contributed by atoms with Gasteiger partial charge in [0.25, 0.3) is 0 Å². The first-order chi connectivity index (χ1) is 5.38. The van der Waals surface area contributed by atoms with E-state index in [-0.39, 0.29) is 0 Å². The summed E-state index contributed by atoms with van der Waals surface area (Å²) in [6.07, 6.45) is 2.91. The van der Waals surface area contributed by atoms with Crippen LogP contribution in [0.4, 0.5) is 0 Å². The number of halogens is 1. The van der Waals surface area contributed by atoms with Crippen LogP contribution in [0.2, 0.25) is 5.15 Å². The molecule has 0 saturated carbocycles. The topological polar surface area (TPSA) is 51.6 Å². The molecule has 0 fully saturated rings. The maximum Gasteiger partial charge on any atom is 0.156 e. The van der Waals surface area contributed by atoms with Crippen molar-refractivity contribution in [3.8, 4) is 0 Å². The monoisotopic (exact) mass is 166 g/mol. The third-order valence-corrected chi connectivity index (χ3v) is 1.54. The molecular weight excluding hydrogens is 164 g/mol. The van der Waals surface area contributed by atoms with E-state index in [9.17, 15) is 0 Å². The predicted molar refractivity (Wildman–Crippen MR) is 40.1 cm³/mol. The van der Waals surface area contributed by atoms with Crippen LogP contribution in [-0.2, 0) is 0 Å². The van der Waals surface area contributed by atoms with Crippen molar-refractivity contribution in [2.24, 2.45) is 0 Å². The summed E-state index contributed by atoms with van der Waals surface area (Å²) in [7, 11) is 0. The summed E-state index contributed by atoms with van der Waals surface area (Å²) in [5.74, 6) is 0. The van der Waals surface area contributed by atoms with Gasteiger partial charge in [-0.25, -0.2) is 9.97 Å². The molecule has 0 atom stereocenters. The molecule has 2 heterocycles. The molecule has 0 aliphatic heterocycles. The molecule has 0 spiro atoms. The number of fused-ring (bicyclic) bond motifs is 1. The zero-order valence-corrected chi connectivity index (χ0v) is 6.15. The van der Waals surface area contributed by atoms with Crippen LogP contribution in [0.1, 0.15) is 0 Å². The van der Waals surface area contributed by atoms with Crippen LogP contribution in [0.15, 0.2) is 18.6 Å². The average Bonchev–Trinajstić information content (AvgIpc) is 2.06. The Labute approximate surface area is 67.3 Å². The highest BCUT2D eigenvalue weighted by molar-refractivity contribution is 6.33. The Morgan fingerprint density at radius 2 is 2.18 bits per heavy atom. The smallest absolute Gasteiger partial charge is 0.156 e. The lowest BCUT2D eigenvalue weighted by atomic mass is 10.4. The van der Waals surface area contributed by atoms with Crippen molar-refractivity contribution >= 4 is 22.6 Å². The van der Waals surface area contributed by atoms with E-state index in [2.05, 4.69) is 20.2 Å². The molecule has 0 bridgehead atoms. The van der Waals surface area contributed by atoms with E-state index >= 15 is 0 Å². The van der Waals surface area contributed by atoms with E-state index in [1.54, 1.807) is 12.3 Å². The minimum Gasteiger partial charge on any atom is -0.242 e. The van der Waals surface area contributed by atoms with Gasteiger partial charge in [0.1, 0.15) is 17.4 Å². The first kappa shape index (κ1) is 6.42. The molecule has 2 rings (SSSR count). The molecule has 0 aliphatic carbocycles. The fourth-order valence-electron chi connectivity index (χ4n) is 0.791. The molecular formula is C6H3ClN4. The molecule has 2 aromatic rings. The molecule has 0 amide bonds. The van der Waals surface area contributed by atoms with E-state index in [4.69, 9.17) is 11.6 Å². The number of hydrogen-bond donors (Lipinski definition) is 0. The Kier molecular flexibility index (Phi) is 1.40. The molecule has 54 valence electrons. The van der Waals surface area contributed by atoms with Gasteiger partial charge in [0.15, 0.2) is 5.15 Å². The van der Waals surface area contributed by atoms with Gasteiger partial charge in [-0.3, -0.25) is 0 Å². The summed E-state index contributed by atoms with van der Waals surface area (Å²) < 4.78 is 0. The molecule has 0 aromatic carbocycles. The van der Waals surface area contributed by atoms with Crippen molar-refractivity contribution in [2.75, 3.05) is 0 Å².